The molecule has 1 aliphatic heterocycles. The average molecular weight is 286 g/mol. The van der Waals surface area contributed by atoms with Gasteiger partial charge in [0.1, 0.15) is 12.4 Å². The highest BCUT2D eigenvalue weighted by Crippen LogP contribution is 2.40. The van der Waals surface area contributed by atoms with Crippen molar-refractivity contribution >= 4 is 29.1 Å². The zero-order chi connectivity index (χ0) is 13.1. The van der Waals surface area contributed by atoms with Crippen LogP contribution in [0.2, 0.25) is 10.0 Å². The molecular weight excluding hydrogens is 273 g/mol. The van der Waals surface area contributed by atoms with Crippen molar-refractivity contribution in [2.24, 2.45) is 0 Å². The Morgan fingerprint density at radius 2 is 2.28 bits per heavy atom. The van der Waals surface area contributed by atoms with E-state index in [-0.39, 0.29) is 11.8 Å². The molecular formula is C13H13Cl2NO2. The van der Waals surface area contributed by atoms with E-state index in [4.69, 9.17) is 27.9 Å². The first-order valence-electron chi connectivity index (χ1n) is 5.61. The third kappa shape index (κ3) is 2.62. The van der Waals surface area contributed by atoms with Gasteiger partial charge in [0, 0.05) is 24.4 Å². The summed E-state index contributed by atoms with van der Waals surface area (Å²) < 4.78 is 5.57. The topological polar surface area (TPSA) is 38.3 Å². The molecule has 3 nitrogen and oxygen atoms in total. The summed E-state index contributed by atoms with van der Waals surface area (Å²) in [4.78, 5) is 11.3. The first-order chi connectivity index (χ1) is 8.63. The van der Waals surface area contributed by atoms with E-state index in [1.54, 1.807) is 18.2 Å². The molecule has 1 aromatic carbocycles. The number of hydrogen-bond donors (Lipinski definition) is 1. The van der Waals surface area contributed by atoms with Crippen LogP contribution in [-0.4, -0.2) is 19.1 Å². The van der Waals surface area contributed by atoms with Crippen molar-refractivity contribution < 1.29 is 9.53 Å². The van der Waals surface area contributed by atoms with E-state index in [0.717, 1.165) is 5.56 Å². The fourth-order valence-electron chi connectivity index (χ4n) is 2.01. The Labute approximate surface area is 116 Å². The molecule has 1 saturated heterocycles. The number of rotatable bonds is 4. The Bertz CT molecular complexity index is 488. The van der Waals surface area contributed by atoms with Crippen LogP contribution in [0.1, 0.15) is 17.9 Å². The molecule has 0 saturated carbocycles. The Morgan fingerprint density at radius 3 is 2.89 bits per heavy atom. The zero-order valence-corrected chi connectivity index (χ0v) is 11.2. The molecule has 1 unspecified atom stereocenters. The molecule has 2 rings (SSSR count). The first-order valence-corrected chi connectivity index (χ1v) is 6.37. The summed E-state index contributed by atoms with van der Waals surface area (Å²) in [6, 6.07) is 3.46. The van der Waals surface area contributed by atoms with Gasteiger partial charge in [-0.2, -0.15) is 0 Å². The molecule has 96 valence electrons. The van der Waals surface area contributed by atoms with Crippen molar-refractivity contribution in [2.75, 3.05) is 13.2 Å². The lowest BCUT2D eigenvalue weighted by Gasteiger charge is -2.17. The molecule has 1 aliphatic rings. The van der Waals surface area contributed by atoms with Crippen molar-refractivity contribution in [3.8, 4) is 5.75 Å². The van der Waals surface area contributed by atoms with Gasteiger partial charge in [-0.05, 0) is 12.1 Å². The predicted molar refractivity (Wildman–Crippen MR) is 72.5 cm³/mol. The van der Waals surface area contributed by atoms with Crippen LogP contribution in [0.3, 0.4) is 0 Å². The van der Waals surface area contributed by atoms with Crippen LogP contribution in [-0.2, 0) is 4.79 Å². The predicted octanol–water partition coefficient (Wildman–Crippen LogP) is 3.16. The Kier molecular flexibility index (Phi) is 4.15. The molecule has 0 aromatic heterocycles. The Hall–Kier alpha value is -1.19. The van der Waals surface area contributed by atoms with E-state index in [1.807, 2.05) is 0 Å². The summed E-state index contributed by atoms with van der Waals surface area (Å²) in [6.45, 7) is 4.55. The number of amides is 1. The number of benzene rings is 1. The van der Waals surface area contributed by atoms with Crippen molar-refractivity contribution in [1.82, 2.24) is 5.32 Å². The summed E-state index contributed by atoms with van der Waals surface area (Å²) in [7, 11) is 0. The van der Waals surface area contributed by atoms with Crippen LogP contribution >= 0.6 is 23.2 Å². The summed E-state index contributed by atoms with van der Waals surface area (Å²) in [5.74, 6) is 0.681. The maximum absolute atomic E-state index is 11.3. The second kappa shape index (κ2) is 5.63. The van der Waals surface area contributed by atoms with Crippen molar-refractivity contribution in [1.29, 1.82) is 0 Å². The Morgan fingerprint density at radius 1 is 1.50 bits per heavy atom. The maximum Gasteiger partial charge on any atom is 0.220 e. The summed E-state index contributed by atoms with van der Waals surface area (Å²) >= 11 is 12.2. The number of ether oxygens (including phenoxy) is 1. The number of carbonyl (C=O) groups is 1. The molecule has 1 amide bonds. The van der Waals surface area contributed by atoms with E-state index in [0.29, 0.717) is 35.4 Å². The fourth-order valence-corrected chi connectivity index (χ4v) is 2.49. The second-order valence-corrected chi connectivity index (χ2v) is 4.86. The minimum atomic E-state index is 0.00325. The lowest BCUT2D eigenvalue weighted by Crippen LogP contribution is -2.14. The molecule has 1 atom stereocenters. The summed E-state index contributed by atoms with van der Waals surface area (Å²) in [5.41, 5.74) is 0.796. The molecule has 18 heavy (non-hydrogen) atoms. The molecule has 5 heteroatoms. The van der Waals surface area contributed by atoms with E-state index in [9.17, 15) is 4.79 Å². The largest absolute Gasteiger partial charge is 0.489 e. The fraction of sp³-hybridized carbons (Fsp3) is 0.308. The van der Waals surface area contributed by atoms with Crippen molar-refractivity contribution in [3.05, 3.63) is 40.4 Å². The SMILES string of the molecule is C=CCOc1ccc(Cl)c(Cl)c1C1CNC(=O)C1. The maximum atomic E-state index is 11.3. The van der Waals surface area contributed by atoms with Gasteiger partial charge in [-0.3, -0.25) is 4.79 Å². The lowest BCUT2D eigenvalue weighted by atomic mass is 9.97. The molecule has 1 N–H and O–H groups in total. The molecule has 0 spiro atoms. The van der Waals surface area contributed by atoms with Gasteiger partial charge >= 0.3 is 0 Å². The Balaban J connectivity index is 2.37. The second-order valence-electron chi connectivity index (χ2n) is 4.08. The van der Waals surface area contributed by atoms with Gasteiger partial charge in [0.05, 0.1) is 10.0 Å². The van der Waals surface area contributed by atoms with Crippen LogP contribution in [0.4, 0.5) is 0 Å². The standard InChI is InChI=1S/C13H13Cl2NO2/c1-2-5-18-10-4-3-9(14)13(15)12(10)8-6-11(17)16-7-8/h2-4,8H,1,5-7H2,(H,16,17). The monoisotopic (exact) mass is 285 g/mol. The van der Waals surface area contributed by atoms with E-state index in [2.05, 4.69) is 11.9 Å². The summed E-state index contributed by atoms with van der Waals surface area (Å²) in [5, 5.41) is 3.71. The van der Waals surface area contributed by atoms with Gasteiger partial charge in [-0.1, -0.05) is 35.9 Å². The lowest BCUT2D eigenvalue weighted by molar-refractivity contribution is -0.119. The van der Waals surface area contributed by atoms with Crippen molar-refractivity contribution in [2.45, 2.75) is 12.3 Å². The molecule has 0 aliphatic carbocycles. The van der Waals surface area contributed by atoms with Gasteiger partial charge in [-0.15, -0.1) is 0 Å². The highest BCUT2D eigenvalue weighted by Gasteiger charge is 2.28. The smallest absolute Gasteiger partial charge is 0.220 e. The number of nitrogens with one attached hydrogen (secondary N) is 1. The van der Waals surface area contributed by atoms with Crippen LogP contribution in [0.15, 0.2) is 24.8 Å². The molecule has 1 heterocycles. The average Bonchev–Trinajstić information content (AvgIpc) is 2.77. The van der Waals surface area contributed by atoms with Crippen LogP contribution in [0, 0.1) is 0 Å². The van der Waals surface area contributed by atoms with Crippen molar-refractivity contribution in [3.63, 3.8) is 0 Å². The third-order valence-electron chi connectivity index (χ3n) is 2.84. The van der Waals surface area contributed by atoms with E-state index in [1.165, 1.54) is 0 Å². The molecule has 0 radical (unpaired) electrons. The molecule has 1 fully saturated rings. The van der Waals surface area contributed by atoms with Crippen LogP contribution in [0.5, 0.6) is 5.75 Å². The van der Waals surface area contributed by atoms with Crippen LogP contribution < -0.4 is 10.1 Å². The number of carbonyl (C=O) groups excluding carboxylic acids is 1. The minimum absolute atomic E-state index is 0.00325. The normalized spacial score (nSPS) is 18.6. The van der Waals surface area contributed by atoms with Crippen LogP contribution in [0.25, 0.3) is 0 Å². The quantitative estimate of drug-likeness (QED) is 0.863. The van der Waals surface area contributed by atoms with Gasteiger partial charge in [0.25, 0.3) is 0 Å². The number of halogens is 2. The van der Waals surface area contributed by atoms with Gasteiger partial charge in [-0.25, -0.2) is 0 Å². The highest BCUT2D eigenvalue weighted by molar-refractivity contribution is 6.42. The van der Waals surface area contributed by atoms with E-state index >= 15 is 0 Å². The number of hydrogen-bond acceptors (Lipinski definition) is 2. The zero-order valence-electron chi connectivity index (χ0n) is 9.71. The van der Waals surface area contributed by atoms with Gasteiger partial charge in [0.15, 0.2) is 0 Å². The summed E-state index contributed by atoms with van der Waals surface area (Å²) in [6.07, 6.45) is 2.06. The van der Waals surface area contributed by atoms with Gasteiger partial charge in [0.2, 0.25) is 5.91 Å². The minimum Gasteiger partial charge on any atom is -0.489 e. The highest BCUT2D eigenvalue weighted by atomic mass is 35.5. The first kappa shape index (κ1) is 13.2. The van der Waals surface area contributed by atoms with E-state index < -0.39 is 0 Å². The van der Waals surface area contributed by atoms with Gasteiger partial charge < -0.3 is 10.1 Å². The molecule has 1 aromatic rings. The third-order valence-corrected chi connectivity index (χ3v) is 3.65. The molecule has 0 bridgehead atoms.